The standard InChI is InChI=1S/C17H34N2O2/c1-5-8-15-9-6-12-19(14-10-15)13-7-11-17(2,18-3)16(20)21-4/h15,18H,5-14H2,1-4H3. The third kappa shape index (κ3) is 5.95. The van der Waals surface area contributed by atoms with Gasteiger partial charge in [0.15, 0.2) is 0 Å². The largest absolute Gasteiger partial charge is 0.468 e. The molecule has 0 aromatic heterocycles. The number of hydrogen-bond donors (Lipinski definition) is 1. The van der Waals surface area contributed by atoms with Gasteiger partial charge in [-0.3, -0.25) is 4.79 Å². The van der Waals surface area contributed by atoms with Gasteiger partial charge in [-0.2, -0.15) is 0 Å². The van der Waals surface area contributed by atoms with Crippen LogP contribution < -0.4 is 5.32 Å². The zero-order valence-electron chi connectivity index (χ0n) is 14.4. The van der Waals surface area contributed by atoms with Gasteiger partial charge in [-0.05, 0) is 71.6 Å². The molecule has 1 aliphatic heterocycles. The van der Waals surface area contributed by atoms with Crippen LogP contribution in [-0.4, -0.2) is 50.2 Å². The molecule has 0 aromatic rings. The fourth-order valence-electron chi connectivity index (χ4n) is 3.36. The molecule has 0 bridgehead atoms. The van der Waals surface area contributed by atoms with Crippen LogP contribution in [0.15, 0.2) is 0 Å². The number of nitrogens with one attached hydrogen (secondary N) is 1. The van der Waals surface area contributed by atoms with Crippen LogP contribution in [-0.2, 0) is 9.53 Å². The van der Waals surface area contributed by atoms with E-state index >= 15 is 0 Å². The minimum atomic E-state index is -0.550. The molecule has 1 rings (SSSR count). The van der Waals surface area contributed by atoms with E-state index in [2.05, 4.69) is 17.1 Å². The summed E-state index contributed by atoms with van der Waals surface area (Å²) in [4.78, 5) is 14.4. The molecular formula is C17H34N2O2. The molecule has 2 atom stereocenters. The summed E-state index contributed by atoms with van der Waals surface area (Å²) in [6.45, 7) is 7.74. The van der Waals surface area contributed by atoms with Gasteiger partial charge >= 0.3 is 5.97 Å². The van der Waals surface area contributed by atoms with Gasteiger partial charge in [-0.25, -0.2) is 0 Å². The van der Waals surface area contributed by atoms with Crippen LogP contribution in [0, 0.1) is 5.92 Å². The van der Waals surface area contributed by atoms with Crippen molar-refractivity contribution in [2.24, 2.45) is 5.92 Å². The molecule has 0 amide bonds. The molecule has 0 saturated carbocycles. The molecule has 4 nitrogen and oxygen atoms in total. The predicted octanol–water partition coefficient (Wildman–Crippen LogP) is 2.82. The Hall–Kier alpha value is -0.610. The van der Waals surface area contributed by atoms with Crippen LogP contribution in [0.3, 0.4) is 0 Å². The average molecular weight is 298 g/mol. The first-order valence-electron chi connectivity index (χ1n) is 8.55. The molecule has 124 valence electrons. The van der Waals surface area contributed by atoms with Gasteiger partial charge in [-0.15, -0.1) is 0 Å². The van der Waals surface area contributed by atoms with Gasteiger partial charge < -0.3 is 15.0 Å². The van der Waals surface area contributed by atoms with E-state index in [1.807, 2.05) is 14.0 Å². The maximum absolute atomic E-state index is 11.8. The summed E-state index contributed by atoms with van der Waals surface area (Å²) in [5.41, 5.74) is -0.550. The number of hydrogen-bond acceptors (Lipinski definition) is 4. The molecule has 1 saturated heterocycles. The monoisotopic (exact) mass is 298 g/mol. The van der Waals surface area contributed by atoms with Crippen LogP contribution in [0.4, 0.5) is 0 Å². The minimum Gasteiger partial charge on any atom is -0.468 e. The van der Waals surface area contributed by atoms with Crippen LogP contribution in [0.2, 0.25) is 0 Å². The molecule has 0 aromatic carbocycles. The third-order valence-electron chi connectivity index (χ3n) is 4.98. The van der Waals surface area contributed by atoms with Crippen molar-refractivity contribution in [3.8, 4) is 0 Å². The van der Waals surface area contributed by atoms with E-state index in [0.29, 0.717) is 0 Å². The highest BCUT2D eigenvalue weighted by Crippen LogP contribution is 2.22. The fourth-order valence-corrected chi connectivity index (χ4v) is 3.36. The molecule has 1 fully saturated rings. The highest BCUT2D eigenvalue weighted by Gasteiger charge is 2.32. The lowest BCUT2D eigenvalue weighted by molar-refractivity contribution is -0.148. The van der Waals surface area contributed by atoms with Crippen LogP contribution in [0.25, 0.3) is 0 Å². The molecule has 0 aliphatic carbocycles. The second kappa shape index (κ2) is 9.42. The first-order valence-corrected chi connectivity index (χ1v) is 8.55. The lowest BCUT2D eigenvalue weighted by Crippen LogP contribution is -2.48. The van der Waals surface area contributed by atoms with E-state index < -0.39 is 5.54 Å². The van der Waals surface area contributed by atoms with Gasteiger partial charge in [0.1, 0.15) is 5.54 Å². The number of ether oxygens (including phenoxy) is 1. The van der Waals surface area contributed by atoms with Crippen molar-refractivity contribution in [3.05, 3.63) is 0 Å². The summed E-state index contributed by atoms with van der Waals surface area (Å²) in [6, 6.07) is 0. The topological polar surface area (TPSA) is 41.6 Å². The molecule has 0 radical (unpaired) electrons. The summed E-state index contributed by atoms with van der Waals surface area (Å²) >= 11 is 0. The second-order valence-corrected chi connectivity index (χ2v) is 6.60. The normalized spacial score (nSPS) is 23.3. The molecule has 4 heteroatoms. The quantitative estimate of drug-likeness (QED) is 0.700. The molecular weight excluding hydrogens is 264 g/mol. The van der Waals surface area contributed by atoms with Crippen molar-refractivity contribution >= 4 is 5.97 Å². The van der Waals surface area contributed by atoms with Gasteiger partial charge in [0.05, 0.1) is 7.11 Å². The molecule has 2 unspecified atom stereocenters. The van der Waals surface area contributed by atoms with Crippen LogP contribution >= 0.6 is 0 Å². The van der Waals surface area contributed by atoms with E-state index in [4.69, 9.17) is 4.74 Å². The smallest absolute Gasteiger partial charge is 0.325 e. The number of carbonyl (C=O) groups is 1. The molecule has 1 heterocycles. The highest BCUT2D eigenvalue weighted by atomic mass is 16.5. The van der Waals surface area contributed by atoms with Crippen LogP contribution in [0.1, 0.15) is 58.8 Å². The molecule has 1 aliphatic rings. The summed E-state index contributed by atoms with van der Waals surface area (Å²) in [5.74, 6) is 0.765. The van der Waals surface area contributed by atoms with E-state index in [1.165, 1.54) is 52.3 Å². The summed E-state index contributed by atoms with van der Waals surface area (Å²) in [5, 5.41) is 3.11. The molecule has 1 N–H and O–H groups in total. The Morgan fingerprint density at radius 3 is 2.76 bits per heavy atom. The number of rotatable bonds is 8. The van der Waals surface area contributed by atoms with E-state index in [1.54, 1.807) is 0 Å². The van der Waals surface area contributed by atoms with Crippen molar-refractivity contribution in [1.82, 2.24) is 10.2 Å². The number of likely N-dealkylation sites (tertiary alicyclic amines) is 1. The highest BCUT2D eigenvalue weighted by molar-refractivity contribution is 5.80. The van der Waals surface area contributed by atoms with Crippen molar-refractivity contribution in [3.63, 3.8) is 0 Å². The lowest BCUT2D eigenvalue weighted by atomic mass is 9.95. The summed E-state index contributed by atoms with van der Waals surface area (Å²) < 4.78 is 4.89. The second-order valence-electron chi connectivity index (χ2n) is 6.60. The molecule has 21 heavy (non-hydrogen) atoms. The number of methoxy groups -OCH3 is 1. The average Bonchev–Trinajstić information content (AvgIpc) is 2.72. The maximum Gasteiger partial charge on any atom is 0.325 e. The van der Waals surface area contributed by atoms with Gasteiger partial charge in [0, 0.05) is 0 Å². The SMILES string of the molecule is CCCC1CCCN(CCCC(C)(NC)C(=O)OC)CC1. The van der Waals surface area contributed by atoms with Crippen molar-refractivity contribution in [1.29, 1.82) is 0 Å². The van der Waals surface area contributed by atoms with Crippen molar-refractivity contribution in [2.45, 2.75) is 64.3 Å². The van der Waals surface area contributed by atoms with Gasteiger partial charge in [-0.1, -0.05) is 19.8 Å². The number of carbonyl (C=O) groups excluding carboxylic acids is 1. The number of nitrogens with zero attached hydrogens (tertiary/aromatic N) is 1. The van der Waals surface area contributed by atoms with Crippen molar-refractivity contribution < 1.29 is 9.53 Å². The first-order chi connectivity index (χ1) is 10.1. The Bertz CT molecular complexity index is 309. The van der Waals surface area contributed by atoms with Crippen molar-refractivity contribution in [2.75, 3.05) is 33.8 Å². The fraction of sp³-hybridized carbons (Fsp3) is 0.941. The maximum atomic E-state index is 11.8. The minimum absolute atomic E-state index is 0.163. The predicted molar refractivity (Wildman–Crippen MR) is 87.4 cm³/mol. The lowest BCUT2D eigenvalue weighted by Gasteiger charge is -2.27. The van der Waals surface area contributed by atoms with E-state index in [9.17, 15) is 4.79 Å². The zero-order valence-corrected chi connectivity index (χ0v) is 14.4. The molecule has 0 spiro atoms. The Morgan fingerprint density at radius 1 is 1.38 bits per heavy atom. The van der Waals surface area contributed by atoms with E-state index in [0.717, 1.165) is 25.3 Å². The Labute approximate surface area is 130 Å². The van der Waals surface area contributed by atoms with E-state index in [-0.39, 0.29) is 5.97 Å². The van der Waals surface area contributed by atoms with Crippen LogP contribution in [0.5, 0.6) is 0 Å². The number of esters is 1. The zero-order chi connectivity index (χ0) is 15.7. The number of likely N-dealkylation sites (N-methyl/N-ethyl adjacent to an activating group) is 1. The summed E-state index contributed by atoms with van der Waals surface area (Å²) in [7, 11) is 3.29. The Balaban J connectivity index is 2.33. The summed E-state index contributed by atoms with van der Waals surface area (Å²) in [6.07, 6.45) is 8.61. The Morgan fingerprint density at radius 2 is 2.14 bits per heavy atom. The first kappa shape index (κ1) is 18.4. The van der Waals surface area contributed by atoms with Gasteiger partial charge in [0.2, 0.25) is 0 Å². The third-order valence-corrected chi connectivity index (χ3v) is 4.98. The Kier molecular flexibility index (Phi) is 8.27. The van der Waals surface area contributed by atoms with Gasteiger partial charge in [0.25, 0.3) is 0 Å².